The van der Waals surface area contributed by atoms with Gasteiger partial charge in [-0.15, -0.1) is 0 Å². The standard InChI is InChI=1S/C16H21NO4S/c1-13(16-8-5-10-21-16)17(2)9-11-20-14-6-4-7-15(12-14)22(3,18)19/h4-8,10,12-13H,9,11H2,1-3H3/t13-/m1/s1. The Labute approximate surface area is 131 Å². The summed E-state index contributed by atoms with van der Waals surface area (Å²) in [6, 6.07) is 10.5. The summed E-state index contributed by atoms with van der Waals surface area (Å²) >= 11 is 0. The third kappa shape index (κ3) is 4.35. The smallest absolute Gasteiger partial charge is 0.175 e. The Hall–Kier alpha value is -1.79. The molecular formula is C16H21NO4S. The minimum atomic E-state index is -3.21. The third-order valence-corrected chi connectivity index (χ3v) is 4.67. The molecule has 0 N–H and O–H groups in total. The van der Waals surface area contributed by atoms with Crippen LogP contribution in [0.3, 0.4) is 0 Å². The Morgan fingerprint density at radius 1 is 1.27 bits per heavy atom. The van der Waals surface area contributed by atoms with Gasteiger partial charge < -0.3 is 9.15 Å². The van der Waals surface area contributed by atoms with Crippen molar-refractivity contribution < 1.29 is 17.6 Å². The summed E-state index contributed by atoms with van der Waals surface area (Å²) in [5.41, 5.74) is 0. The van der Waals surface area contributed by atoms with E-state index in [9.17, 15) is 8.42 Å². The second-order valence-corrected chi connectivity index (χ2v) is 7.28. The van der Waals surface area contributed by atoms with Crippen molar-refractivity contribution in [3.63, 3.8) is 0 Å². The van der Waals surface area contributed by atoms with Gasteiger partial charge in [-0.3, -0.25) is 4.90 Å². The van der Waals surface area contributed by atoms with Gasteiger partial charge in [-0.25, -0.2) is 8.42 Å². The van der Waals surface area contributed by atoms with E-state index in [1.54, 1.807) is 30.5 Å². The number of rotatable bonds is 7. The molecule has 120 valence electrons. The summed E-state index contributed by atoms with van der Waals surface area (Å²) in [5.74, 6) is 1.46. The Kier molecular flexibility index (Phi) is 5.26. The second-order valence-electron chi connectivity index (χ2n) is 5.27. The van der Waals surface area contributed by atoms with E-state index >= 15 is 0 Å². The molecule has 2 rings (SSSR count). The van der Waals surface area contributed by atoms with Crippen LogP contribution in [0.1, 0.15) is 18.7 Å². The molecular weight excluding hydrogens is 302 g/mol. The summed E-state index contributed by atoms with van der Waals surface area (Å²) in [6.07, 6.45) is 2.85. The van der Waals surface area contributed by atoms with Gasteiger partial charge in [-0.2, -0.15) is 0 Å². The van der Waals surface area contributed by atoms with Crippen molar-refractivity contribution in [2.24, 2.45) is 0 Å². The summed E-state index contributed by atoms with van der Waals surface area (Å²) in [7, 11) is -1.22. The van der Waals surface area contributed by atoms with Gasteiger partial charge in [0.25, 0.3) is 0 Å². The van der Waals surface area contributed by atoms with Crippen LogP contribution in [0.5, 0.6) is 5.75 Å². The number of hydrogen-bond donors (Lipinski definition) is 0. The minimum Gasteiger partial charge on any atom is -0.492 e. The second kappa shape index (κ2) is 6.98. The normalized spacial score (nSPS) is 13.3. The topological polar surface area (TPSA) is 59.8 Å². The van der Waals surface area contributed by atoms with E-state index in [0.29, 0.717) is 18.9 Å². The van der Waals surface area contributed by atoms with Crippen molar-refractivity contribution in [3.05, 3.63) is 48.4 Å². The molecule has 0 amide bonds. The van der Waals surface area contributed by atoms with Crippen molar-refractivity contribution in [3.8, 4) is 5.75 Å². The molecule has 0 unspecified atom stereocenters. The average molecular weight is 323 g/mol. The zero-order chi connectivity index (χ0) is 16.2. The van der Waals surface area contributed by atoms with Crippen molar-refractivity contribution in [2.75, 3.05) is 26.5 Å². The summed E-state index contributed by atoms with van der Waals surface area (Å²) in [4.78, 5) is 2.38. The highest BCUT2D eigenvalue weighted by molar-refractivity contribution is 7.90. The molecule has 0 saturated heterocycles. The van der Waals surface area contributed by atoms with Crippen LogP contribution in [0.4, 0.5) is 0 Å². The highest BCUT2D eigenvalue weighted by Gasteiger charge is 2.14. The highest BCUT2D eigenvalue weighted by Crippen LogP contribution is 2.20. The van der Waals surface area contributed by atoms with Crippen LogP contribution in [0.25, 0.3) is 0 Å². The van der Waals surface area contributed by atoms with Crippen molar-refractivity contribution >= 4 is 9.84 Å². The molecule has 0 fully saturated rings. The van der Waals surface area contributed by atoms with Gasteiger partial charge in [0.15, 0.2) is 9.84 Å². The van der Waals surface area contributed by atoms with Crippen LogP contribution >= 0.6 is 0 Å². The Morgan fingerprint density at radius 3 is 2.68 bits per heavy atom. The fraction of sp³-hybridized carbons (Fsp3) is 0.375. The minimum absolute atomic E-state index is 0.154. The van der Waals surface area contributed by atoms with Crippen molar-refractivity contribution in [1.82, 2.24) is 4.90 Å². The number of furan rings is 1. The van der Waals surface area contributed by atoms with E-state index in [0.717, 1.165) is 5.76 Å². The van der Waals surface area contributed by atoms with Gasteiger partial charge in [0, 0.05) is 12.8 Å². The number of benzene rings is 1. The van der Waals surface area contributed by atoms with Crippen LogP contribution < -0.4 is 4.74 Å². The Balaban J connectivity index is 1.89. The molecule has 1 heterocycles. The third-order valence-electron chi connectivity index (χ3n) is 3.56. The molecule has 22 heavy (non-hydrogen) atoms. The van der Waals surface area contributed by atoms with Gasteiger partial charge in [0.2, 0.25) is 0 Å². The summed E-state index contributed by atoms with van der Waals surface area (Å²) in [6.45, 7) is 3.23. The molecule has 1 aromatic heterocycles. The van der Waals surface area contributed by atoms with E-state index < -0.39 is 9.84 Å². The summed E-state index contributed by atoms with van der Waals surface area (Å²) < 4.78 is 34.1. The lowest BCUT2D eigenvalue weighted by Crippen LogP contribution is -2.27. The predicted octanol–water partition coefficient (Wildman–Crippen LogP) is 2.75. The lowest BCUT2D eigenvalue weighted by molar-refractivity contribution is 0.185. The monoisotopic (exact) mass is 323 g/mol. The molecule has 6 heteroatoms. The fourth-order valence-corrected chi connectivity index (χ4v) is 2.70. The maximum Gasteiger partial charge on any atom is 0.175 e. The van der Waals surface area contributed by atoms with Crippen molar-refractivity contribution in [1.29, 1.82) is 0 Å². The first-order chi connectivity index (χ1) is 10.4. The molecule has 0 radical (unpaired) electrons. The Morgan fingerprint density at radius 2 is 2.05 bits per heavy atom. The lowest BCUT2D eigenvalue weighted by Gasteiger charge is -2.22. The fourth-order valence-electron chi connectivity index (χ4n) is 2.04. The molecule has 2 aromatic rings. The lowest BCUT2D eigenvalue weighted by atomic mass is 10.2. The summed E-state index contributed by atoms with van der Waals surface area (Å²) in [5, 5.41) is 0. The van der Waals surface area contributed by atoms with E-state index in [1.807, 2.05) is 19.2 Å². The van der Waals surface area contributed by atoms with Crippen molar-refractivity contribution in [2.45, 2.75) is 17.9 Å². The molecule has 0 aliphatic heterocycles. The van der Waals surface area contributed by atoms with Crippen LogP contribution in [0.2, 0.25) is 0 Å². The zero-order valence-corrected chi connectivity index (χ0v) is 13.8. The van der Waals surface area contributed by atoms with Gasteiger partial charge >= 0.3 is 0 Å². The number of nitrogens with zero attached hydrogens (tertiary/aromatic N) is 1. The molecule has 1 aromatic carbocycles. The van der Waals surface area contributed by atoms with E-state index in [1.165, 1.54) is 6.26 Å². The van der Waals surface area contributed by atoms with Crippen LogP contribution in [0, 0.1) is 0 Å². The Bertz CT molecular complexity index is 695. The average Bonchev–Trinajstić information content (AvgIpc) is 3.00. The maximum absolute atomic E-state index is 11.5. The van der Waals surface area contributed by atoms with E-state index in [2.05, 4.69) is 11.8 Å². The quantitative estimate of drug-likeness (QED) is 0.784. The van der Waals surface area contributed by atoms with Gasteiger partial charge in [0.05, 0.1) is 17.2 Å². The molecule has 0 spiro atoms. The molecule has 0 aliphatic rings. The predicted molar refractivity (Wildman–Crippen MR) is 84.8 cm³/mol. The van der Waals surface area contributed by atoms with E-state index in [-0.39, 0.29) is 10.9 Å². The molecule has 1 atom stereocenters. The first-order valence-corrected chi connectivity index (χ1v) is 8.93. The first kappa shape index (κ1) is 16.6. The molecule has 0 bridgehead atoms. The SMILES string of the molecule is C[C@H](c1ccco1)N(C)CCOc1cccc(S(C)(=O)=O)c1. The number of hydrogen-bond acceptors (Lipinski definition) is 5. The van der Waals surface area contributed by atoms with Crippen LogP contribution in [0.15, 0.2) is 52.0 Å². The highest BCUT2D eigenvalue weighted by atomic mass is 32.2. The van der Waals surface area contributed by atoms with E-state index in [4.69, 9.17) is 9.15 Å². The van der Waals surface area contributed by atoms with Gasteiger partial charge in [-0.05, 0) is 44.3 Å². The molecule has 5 nitrogen and oxygen atoms in total. The van der Waals surface area contributed by atoms with Crippen LogP contribution in [-0.2, 0) is 9.84 Å². The first-order valence-electron chi connectivity index (χ1n) is 7.04. The molecule has 0 saturated carbocycles. The van der Waals surface area contributed by atoms with Gasteiger partial charge in [-0.1, -0.05) is 6.07 Å². The van der Waals surface area contributed by atoms with Gasteiger partial charge in [0.1, 0.15) is 18.1 Å². The number of likely N-dealkylation sites (N-methyl/N-ethyl adjacent to an activating group) is 1. The number of ether oxygens (including phenoxy) is 1. The zero-order valence-electron chi connectivity index (χ0n) is 13.0. The maximum atomic E-state index is 11.5. The van der Waals surface area contributed by atoms with Crippen LogP contribution in [-0.4, -0.2) is 39.8 Å². The largest absolute Gasteiger partial charge is 0.492 e. The number of sulfone groups is 1. The molecule has 0 aliphatic carbocycles.